The van der Waals surface area contributed by atoms with Crippen molar-refractivity contribution in [3.8, 4) is 0 Å². The first-order chi connectivity index (χ1) is 5.58. The van der Waals surface area contributed by atoms with Crippen molar-refractivity contribution in [1.29, 1.82) is 0 Å². The number of hydrogen-bond donors (Lipinski definition) is 1. The number of quaternary nitrogens is 1. The molecule has 1 rings (SSSR count). The zero-order valence-corrected chi connectivity index (χ0v) is 8.17. The van der Waals surface area contributed by atoms with Gasteiger partial charge in [0.15, 0.2) is 0 Å². The van der Waals surface area contributed by atoms with Gasteiger partial charge in [0.05, 0.1) is 5.54 Å². The lowest BCUT2D eigenvalue weighted by atomic mass is 10.1. The minimum atomic E-state index is 0.329. The number of rotatable bonds is 2. The second-order valence-electron chi connectivity index (χ2n) is 4.26. The molecule has 0 aliphatic heterocycles. The normalized spacial score (nSPS) is 11.6. The van der Waals surface area contributed by atoms with Gasteiger partial charge in [0, 0.05) is 5.56 Å². The van der Waals surface area contributed by atoms with E-state index in [4.69, 9.17) is 0 Å². The molecule has 0 saturated carbocycles. The highest BCUT2D eigenvalue weighted by atomic mass is 14.9. The summed E-state index contributed by atoms with van der Waals surface area (Å²) in [4.78, 5) is 0. The molecule has 1 nitrogen and oxygen atoms in total. The van der Waals surface area contributed by atoms with Crippen LogP contribution < -0.4 is 5.32 Å². The fourth-order valence-corrected chi connectivity index (χ4v) is 1.04. The molecule has 0 radical (unpaired) electrons. The van der Waals surface area contributed by atoms with E-state index in [0.29, 0.717) is 5.54 Å². The lowest BCUT2D eigenvalue weighted by molar-refractivity contribution is -0.731. The number of benzene rings is 1. The van der Waals surface area contributed by atoms with E-state index < -0.39 is 0 Å². The van der Waals surface area contributed by atoms with Crippen molar-refractivity contribution in [2.45, 2.75) is 32.9 Å². The third-order valence-corrected chi connectivity index (χ3v) is 1.79. The van der Waals surface area contributed by atoms with Crippen molar-refractivity contribution in [2.24, 2.45) is 0 Å². The average molecular weight is 164 g/mol. The van der Waals surface area contributed by atoms with E-state index in [9.17, 15) is 0 Å². The van der Waals surface area contributed by atoms with Crippen molar-refractivity contribution < 1.29 is 5.32 Å². The minimum absolute atomic E-state index is 0.329. The van der Waals surface area contributed by atoms with Gasteiger partial charge in [0.2, 0.25) is 0 Å². The van der Waals surface area contributed by atoms with Crippen molar-refractivity contribution in [2.75, 3.05) is 0 Å². The maximum atomic E-state index is 2.35. The van der Waals surface area contributed by atoms with E-state index in [0.717, 1.165) is 6.54 Å². The van der Waals surface area contributed by atoms with Crippen LogP contribution in [0.15, 0.2) is 30.3 Å². The summed E-state index contributed by atoms with van der Waals surface area (Å²) in [7, 11) is 0. The first kappa shape index (κ1) is 9.27. The van der Waals surface area contributed by atoms with Gasteiger partial charge in [-0.3, -0.25) is 0 Å². The van der Waals surface area contributed by atoms with Crippen molar-refractivity contribution in [3.05, 3.63) is 35.9 Å². The molecule has 66 valence electrons. The summed E-state index contributed by atoms with van der Waals surface area (Å²) >= 11 is 0. The first-order valence-electron chi connectivity index (χ1n) is 4.46. The smallest absolute Gasteiger partial charge is 0.102 e. The predicted octanol–water partition coefficient (Wildman–Crippen LogP) is 1.55. The Balaban J connectivity index is 2.44. The summed E-state index contributed by atoms with van der Waals surface area (Å²) in [5, 5.41) is 2.35. The zero-order chi connectivity index (χ0) is 9.03. The zero-order valence-electron chi connectivity index (χ0n) is 8.17. The van der Waals surface area contributed by atoms with E-state index in [1.54, 1.807) is 0 Å². The van der Waals surface area contributed by atoms with Crippen LogP contribution in [0, 0.1) is 0 Å². The molecule has 1 aromatic rings. The molecule has 1 aromatic carbocycles. The Kier molecular flexibility index (Phi) is 2.88. The van der Waals surface area contributed by atoms with Crippen LogP contribution in [0.4, 0.5) is 0 Å². The summed E-state index contributed by atoms with van der Waals surface area (Å²) < 4.78 is 0. The van der Waals surface area contributed by atoms with Crippen LogP contribution in [-0.4, -0.2) is 5.54 Å². The molecule has 0 aliphatic carbocycles. The van der Waals surface area contributed by atoms with Gasteiger partial charge in [-0.15, -0.1) is 0 Å². The van der Waals surface area contributed by atoms with Gasteiger partial charge >= 0.3 is 0 Å². The highest BCUT2D eigenvalue weighted by molar-refractivity contribution is 5.12. The molecule has 0 amide bonds. The molecule has 12 heavy (non-hydrogen) atoms. The molecule has 2 N–H and O–H groups in total. The second kappa shape index (κ2) is 3.72. The van der Waals surface area contributed by atoms with Crippen LogP contribution in [0.5, 0.6) is 0 Å². The molecule has 0 fully saturated rings. The fourth-order valence-electron chi connectivity index (χ4n) is 1.04. The first-order valence-corrected chi connectivity index (χ1v) is 4.46. The molecule has 0 heterocycles. The van der Waals surface area contributed by atoms with E-state index in [-0.39, 0.29) is 0 Å². The highest BCUT2D eigenvalue weighted by Gasteiger charge is 2.11. The van der Waals surface area contributed by atoms with Crippen molar-refractivity contribution in [1.82, 2.24) is 0 Å². The highest BCUT2D eigenvalue weighted by Crippen LogP contribution is 1.96. The van der Waals surface area contributed by atoms with E-state index in [1.807, 2.05) is 0 Å². The van der Waals surface area contributed by atoms with Gasteiger partial charge in [-0.2, -0.15) is 0 Å². The Morgan fingerprint density at radius 3 is 2.17 bits per heavy atom. The lowest BCUT2D eigenvalue weighted by Crippen LogP contribution is -2.92. The van der Waals surface area contributed by atoms with E-state index in [2.05, 4.69) is 56.4 Å². The van der Waals surface area contributed by atoms with Crippen molar-refractivity contribution >= 4 is 0 Å². The molecule has 0 saturated heterocycles. The third kappa shape index (κ3) is 3.54. The topological polar surface area (TPSA) is 16.6 Å². The number of hydrogen-bond acceptors (Lipinski definition) is 0. The monoisotopic (exact) mass is 164 g/mol. The molecule has 0 atom stereocenters. The minimum Gasteiger partial charge on any atom is -0.338 e. The van der Waals surface area contributed by atoms with Crippen LogP contribution in [-0.2, 0) is 6.54 Å². The SMILES string of the molecule is CC(C)(C)[NH2+]Cc1ccccc1. The summed E-state index contributed by atoms with van der Waals surface area (Å²) in [5.74, 6) is 0. The lowest BCUT2D eigenvalue weighted by Gasteiger charge is -2.16. The average Bonchev–Trinajstić information content (AvgIpc) is 2.02. The van der Waals surface area contributed by atoms with Crippen LogP contribution in [0.1, 0.15) is 26.3 Å². The molecule has 0 unspecified atom stereocenters. The van der Waals surface area contributed by atoms with Crippen LogP contribution >= 0.6 is 0 Å². The molecule has 0 aromatic heterocycles. The molecular formula is C11H18N+. The Morgan fingerprint density at radius 2 is 1.67 bits per heavy atom. The quantitative estimate of drug-likeness (QED) is 0.683. The van der Waals surface area contributed by atoms with Crippen LogP contribution in [0.2, 0.25) is 0 Å². The molecule has 0 aliphatic rings. The van der Waals surface area contributed by atoms with E-state index in [1.165, 1.54) is 5.56 Å². The maximum Gasteiger partial charge on any atom is 0.102 e. The van der Waals surface area contributed by atoms with Gasteiger partial charge < -0.3 is 5.32 Å². The number of nitrogens with two attached hydrogens (primary N) is 1. The van der Waals surface area contributed by atoms with Crippen LogP contribution in [0.3, 0.4) is 0 Å². The molecular weight excluding hydrogens is 146 g/mol. The molecule has 0 bridgehead atoms. The fraction of sp³-hybridized carbons (Fsp3) is 0.455. The van der Waals surface area contributed by atoms with Crippen molar-refractivity contribution in [3.63, 3.8) is 0 Å². The summed E-state index contributed by atoms with van der Waals surface area (Å²) in [6, 6.07) is 10.6. The molecule has 1 heteroatoms. The summed E-state index contributed by atoms with van der Waals surface area (Å²) in [5.41, 5.74) is 1.72. The van der Waals surface area contributed by atoms with Gasteiger partial charge in [-0.25, -0.2) is 0 Å². The van der Waals surface area contributed by atoms with Crippen LogP contribution in [0.25, 0.3) is 0 Å². The third-order valence-electron chi connectivity index (χ3n) is 1.79. The second-order valence-corrected chi connectivity index (χ2v) is 4.26. The standard InChI is InChI=1S/C11H17N/c1-11(2,3)12-9-10-7-5-4-6-8-10/h4-8,12H,9H2,1-3H3/p+1. The van der Waals surface area contributed by atoms with E-state index >= 15 is 0 Å². The largest absolute Gasteiger partial charge is 0.338 e. The summed E-state index contributed by atoms with van der Waals surface area (Å²) in [6.45, 7) is 7.77. The summed E-state index contributed by atoms with van der Waals surface area (Å²) in [6.07, 6.45) is 0. The van der Waals surface area contributed by atoms with Gasteiger partial charge in [-0.1, -0.05) is 30.3 Å². The maximum absolute atomic E-state index is 2.35. The molecule has 0 spiro atoms. The predicted molar refractivity (Wildman–Crippen MR) is 51.8 cm³/mol. The van der Waals surface area contributed by atoms with Gasteiger partial charge in [0.1, 0.15) is 6.54 Å². The Bertz CT molecular complexity index is 221. The van der Waals surface area contributed by atoms with Gasteiger partial charge in [0.25, 0.3) is 0 Å². The Labute approximate surface area is 74.8 Å². The Morgan fingerprint density at radius 1 is 1.08 bits per heavy atom. The van der Waals surface area contributed by atoms with Gasteiger partial charge in [-0.05, 0) is 20.8 Å². The Hall–Kier alpha value is -0.820.